The van der Waals surface area contributed by atoms with Crippen LogP contribution in [0.4, 0.5) is 0 Å². The molecule has 1 fully saturated rings. The van der Waals surface area contributed by atoms with Gasteiger partial charge in [-0.05, 0) is 32.1 Å². The molecule has 0 saturated carbocycles. The molecule has 8 heteroatoms. The van der Waals surface area contributed by atoms with E-state index < -0.39 is 0 Å². The smallest absolute Gasteiger partial charge is 0.191 e. The molecule has 0 aliphatic carbocycles. The highest BCUT2D eigenvalue weighted by atomic mass is 127. The minimum Gasteiger partial charge on any atom is -0.381 e. The fourth-order valence-electron chi connectivity index (χ4n) is 3.17. The Kier molecular flexibility index (Phi) is 11.8. The van der Waals surface area contributed by atoms with Crippen LogP contribution in [-0.4, -0.2) is 50.6 Å². The van der Waals surface area contributed by atoms with Crippen LogP contribution >= 0.6 is 24.0 Å². The van der Waals surface area contributed by atoms with Crippen molar-refractivity contribution in [1.29, 1.82) is 0 Å². The topological polar surface area (TPSA) is 80.9 Å². The number of ether oxygens (including phenoxy) is 2. The van der Waals surface area contributed by atoms with Gasteiger partial charge in [0.25, 0.3) is 0 Å². The molecule has 1 aliphatic rings. The minimum absolute atomic E-state index is 0. The van der Waals surface area contributed by atoms with Crippen LogP contribution in [0, 0.1) is 5.92 Å². The monoisotopic (exact) mass is 528 g/mol. The molecule has 0 spiro atoms. The first kappa shape index (κ1) is 24.6. The van der Waals surface area contributed by atoms with Gasteiger partial charge in [0, 0.05) is 51.1 Å². The molecule has 0 bridgehead atoms. The van der Waals surface area contributed by atoms with Crippen molar-refractivity contribution in [2.75, 3.05) is 39.5 Å². The average Bonchev–Trinajstić information content (AvgIpc) is 3.25. The van der Waals surface area contributed by atoms with E-state index >= 15 is 0 Å². The Morgan fingerprint density at radius 2 is 2.00 bits per heavy atom. The lowest BCUT2D eigenvalue weighted by Gasteiger charge is -2.21. The predicted molar refractivity (Wildman–Crippen MR) is 129 cm³/mol. The Hall–Kier alpha value is -1.65. The molecule has 2 aromatic rings. The number of benzene rings is 1. The molecule has 0 unspecified atom stereocenters. The van der Waals surface area contributed by atoms with Gasteiger partial charge in [0.15, 0.2) is 11.7 Å². The van der Waals surface area contributed by atoms with E-state index in [9.17, 15) is 0 Å². The molecule has 0 amide bonds. The third-order valence-corrected chi connectivity index (χ3v) is 4.81. The number of aromatic nitrogens is 1. The molecular formula is C22H33IN4O3. The second kappa shape index (κ2) is 14.4. The maximum Gasteiger partial charge on any atom is 0.191 e. The lowest BCUT2D eigenvalue weighted by atomic mass is 10.0. The summed E-state index contributed by atoms with van der Waals surface area (Å²) in [5.41, 5.74) is 1.82. The normalized spacial score (nSPS) is 14.9. The third kappa shape index (κ3) is 8.61. The van der Waals surface area contributed by atoms with E-state index in [4.69, 9.17) is 14.0 Å². The summed E-state index contributed by atoms with van der Waals surface area (Å²) in [6.07, 6.45) is 3.17. The minimum atomic E-state index is 0. The number of halogens is 1. The third-order valence-electron chi connectivity index (χ3n) is 4.81. The van der Waals surface area contributed by atoms with E-state index in [-0.39, 0.29) is 24.0 Å². The maximum atomic E-state index is 5.81. The molecule has 2 N–H and O–H groups in total. The van der Waals surface area contributed by atoms with Gasteiger partial charge in [0.05, 0.1) is 6.54 Å². The second-order valence-corrected chi connectivity index (χ2v) is 7.15. The molecule has 1 aliphatic heterocycles. The highest BCUT2D eigenvalue weighted by Crippen LogP contribution is 2.20. The van der Waals surface area contributed by atoms with E-state index in [2.05, 4.69) is 27.7 Å². The molecule has 0 radical (unpaired) electrons. The van der Waals surface area contributed by atoms with Crippen molar-refractivity contribution in [3.63, 3.8) is 0 Å². The van der Waals surface area contributed by atoms with Gasteiger partial charge in [-0.1, -0.05) is 35.5 Å². The highest BCUT2D eigenvalue weighted by Gasteiger charge is 2.13. The fraction of sp³-hybridized carbons (Fsp3) is 0.545. The number of guanidine groups is 1. The van der Waals surface area contributed by atoms with Gasteiger partial charge in [0.2, 0.25) is 0 Å². The van der Waals surface area contributed by atoms with Crippen LogP contribution in [-0.2, 0) is 16.0 Å². The Bertz CT molecular complexity index is 733. The summed E-state index contributed by atoms with van der Waals surface area (Å²) in [5.74, 6) is 2.19. The molecule has 2 heterocycles. The van der Waals surface area contributed by atoms with Crippen LogP contribution in [0.2, 0.25) is 0 Å². The zero-order chi connectivity index (χ0) is 20.2. The van der Waals surface area contributed by atoms with Crippen LogP contribution < -0.4 is 10.6 Å². The summed E-state index contributed by atoms with van der Waals surface area (Å²) in [7, 11) is 0. The van der Waals surface area contributed by atoms with E-state index in [1.807, 2.05) is 36.4 Å². The van der Waals surface area contributed by atoms with E-state index in [0.29, 0.717) is 12.5 Å². The van der Waals surface area contributed by atoms with Gasteiger partial charge < -0.3 is 24.6 Å². The Labute approximate surface area is 196 Å². The van der Waals surface area contributed by atoms with Crippen LogP contribution in [0.25, 0.3) is 11.3 Å². The highest BCUT2D eigenvalue weighted by molar-refractivity contribution is 14.0. The number of nitrogens with one attached hydrogen (secondary N) is 2. The molecule has 0 atom stereocenters. The fourth-order valence-corrected chi connectivity index (χ4v) is 3.17. The average molecular weight is 528 g/mol. The number of rotatable bonds is 10. The molecule has 166 valence electrons. The van der Waals surface area contributed by atoms with E-state index in [0.717, 1.165) is 81.8 Å². The van der Waals surface area contributed by atoms with Gasteiger partial charge in [-0.25, -0.2) is 4.99 Å². The Morgan fingerprint density at radius 3 is 2.77 bits per heavy atom. The van der Waals surface area contributed by atoms with Crippen LogP contribution in [0.3, 0.4) is 0 Å². The van der Waals surface area contributed by atoms with Crippen molar-refractivity contribution >= 4 is 29.9 Å². The van der Waals surface area contributed by atoms with Crippen molar-refractivity contribution in [3.8, 4) is 11.3 Å². The Balaban J connectivity index is 0.00000320. The zero-order valence-electron chi connectivity index (χ0n) is 17.6. The van der Waals surface area contributed by atoms with Crippen LogP contribution in [0.1, 0.15) is 31.9 Å². The van der Waals surface area contributed by atoms with E-state index in [1.165, 1.54) is 0 Å². The lowest BCUT2D eigenvalue weighted by molar-refractivity contribution is 0.0203. The first-order chi connectivity index (χ1) is 14.3. The van der Waals surface area contributed by atoms with Gasteiger partial charge in [-0.15, -0.1) is 24.0 Å². The van der Waals surface area contributed by atoms with Crippen molar-refractivity contribution < 1.29 is 14.0 Å². The lowest BCUT2D eigenvalue weighted by Crippen LogP contribution is -2.38. The molecule has 3 rings (SSSR count). The number of aliphatic imine (C=N–C) groups is 1. The molecule has 1 saturated heterocycles. The number of hydrogen-bond donors (Lipinski definition) is 2. The quantitative estimate of drug-likeness (QED) is 0.211. The number of nitrogens with zero attached hydrogens (tertiary/aromatic N) is 2. The SMILES string of the molecule is CCNC(=NCc1cc(-c2ccccc2)on1)NCCCOCC1CCOCC1.I. The largest absolute Gasteiger partial charge is 0.381 e. The summed E-state index contributed by atoms with van der Waals surface area (Å²) in [5, 5.41) is 10.7. The summed E-state index contributed by atoms with van der Waals surface area (Å²) in [6.45, 7) is 7.48. The van der Waals surface area contributed by atoms with Crippen molar-refractivity contribution in [1.82, 2.24) is 15.8 Å². The standard InChI is InChI=1S/C22H32N4O3.HI/c1-2-23-22(24-11-6-12-28-17-18-9-13-27-14-10-18)25-16-20-15-21(29-26-20)19-7-4-3-5-8-19;/h3-5,7-8,15,18H,2,6,9-14,16-17H2,1H3,(H2,23,24,25);1H. The van der Waals surface area contributed by atoms with Crippen molar-refractivity contribution in [2.24, 2.45) is 10.9 Å². The summed E-state index contributed by atoms with van der Waals surface area (Å²) in [4.78, 5) is 4.60. The first-order valence-corrected chi connectivity index (χ1v) is 10.5. The second-order valence-electron chi connectivity index (χ2n) is 7.15. The van der Waals surface area contributed by atoms with Crippen LogP contribution in [0.5, 0.6) is 0 Å². The summed E-state index contributed by atoms with van der Waals surface area (Å²) >= 11 is 0. The van der Waals surface area contributed by atoms with Gasteiger partial charge in [0.1, 0.15) is 5.69 Å². The molecule has 1 aromatic heterocycles. The zero-order valence-corrected chi connectivity index (χ0v) is 20.0. The van der Waals surface area contributed by atoms with Gasteiger partial charge in [-0.2, -0.15) is 0 Å². The summed E-state index contributed by atoms with van der Waals surface area (Å²) in [6, 6.07) is 11.9. The Morgan fingerprint density at radius 1 is 1.20 bits per heavy atom. The maximum absolute atomic E-state index is 5.81. The molecular weight excluding hydrogens is 495 g/mol. The first-order valence-electron chi connectivity index (χ1n) is 10.5. The van der Waals surface area contributed by atoms with Gasteiger partial charge >= 0.3 is 0 Å². The van der Waals surface area contributed by atoms with Crippen molar-refractivity contribution in [3.05, 3.63) is 42.1 Å². The van der Waals surface area contributed by atoms with Crippen LogP contribution in [0.15, 0.2) is 45.9 Å². The molecule has 30 heavy (non-hydrogen) atoms. The molecule has 1 aromatic carbocycles. The van der Waals surface area contributed by atoms with Gasteiger partial charge in [-0.3, -0.25) is 0 Å². The summed E-state index contributed by atoms with van der Waals surface area (Å²) < 4.78 is 16.6. The number of hydrogen-bond acceptors (Lipinski definition) is 5. The van der Waals surface area contributed by atoms with Crippen molar-refractivity contribution in [2.45, 2.75) is 32.7 Å². The molecule has 7 nitrogen and oxygen atoms in total. The predicted octanol–water partition coefficient (Wildman–Crippen LogP) is 3.85. The van der Waals surface area contributed by atoms with E-state index in [1.54, 1.807) is 0 Å².